The molecular weight excluding hydrogens is 646 g/mol. The summed E-state index contributed by atoms with van der Waals surface area (Å²) in [4.78, 5) is 29.2. The van der Waals surface area contributed by atoms with Gasteiger partial charge in [0.25, 0.3) is 0 Å². The number of carbonyl (C=O) groups is 2. The molecule has 1 saturated heterocycles. The standard InChI is InChI=1S/C41H53N3O7/c1-41(2,3)51-40(48)42-35(26-30-11-5-4-6-12-30)36(45)28-32(39(47)43-38-34-18-8-7-15-31(34)27-37(38)46)16-9-13-29-14-10-17-33(25-29)50-24-21-44-19-22-49-23-20-44/h4-15,17-18,25,32,35-38,45-46H,16,19-24,26-28H2,1-3H3,(H,42,48)(H,43,47)/t32?,35?,36?,37-,38-/m0/s1. The number of hydrogen-bond acceptors (Lipinski definition) is 8. The summed E-state index contributed by atoms with van der Waals surface area (Å²) in [5.74, 6) is -0.181. The van der Waals surface area contributed by atoms with Gasteiger partial charge in [-0.3, -0.25) is 9.69 Å². The van der Waals surface area contributed by atoms with E-state index in [9.17, 15) is 19.8 Å². The minimum atomic E-state index is -1.08. The molecule has 0 aromatic heterocycles. The first kappa shape index (κ1) is 38.0. The lowest BCUT2D eigenvalue weighted by Gasteiger charge is -2.29. The van der Waals surface area contributed by atoms with Gasteiger partial charge in [0.15, 0.2) is 0 Å². The number of allylic oxidation sites excluding steroid dienone is 1. The van der Waals surface area contributed by atoms with Gasteiger partial charge in [-0.2, -0.15) is 0 Å². The molecule has 0 spiro atoms. The summed E-state index contributed by atoms with van der Waals surface area (Å²) in [7, 11) is 0. The molecule has 0 saturated carbocycles. The highest BCUT2D eigenvalue weighted by Crippen LogP contribution is 2.32. The van der Waals surface area contributed by atoms with Crippen LogP contribution in [0.4, 0.5) is 4.79 Å². The molecule has 274 valence electrons. The number of aliphatic hydroxyl groups excluding tert-OH is 2. The smallest absolute Gasteiger partial charge is 0.407 e. The van der Waals surface area contributed by atoms with Crippen LogP contribution in [-0.2, 0) is 27.1 Å². The van der Waals surface area contributed by atoms with Gasteiger partial charge in [0.05, 0.1) is 37.5 Å². The Bertz CT molecular complexity index is 1590. The first-order valence-electron chi connectivity index (χ1n) is 18.0. The van der Waals surface area contributed by atoms with Crippen molar-refractivity contribution in [3.63, 3.8) is 0 Å². The molecule has 4 N–H and O–H groups in total. The molecule has 1 aliphatic carbocycles. The Morgan fingerprint density at radius 1 is 1.02 bits per heavy atom. The maximum atomic E-state index is 14.0. The van der Waals surface area contributed by atoms with Crippen molar-refractivity contribution in [2.45, 2.75) is 76.3 Å². The number of benzene rings is 3. The van der Waals surface area contributed by atoms with Crippen molar-refractivity contribution in [3.8, 4) is 5.75 Å². The van der Waals surface area contributed by atoms with Crippen LogP contribution >= 0.6 is 0 Å². The fraction of sp³-hybridized carbons (Fsp3) is 0.463. The molecule has 2 amide bonds. The van der Waals surface area contributed by atoms with Crippen LogP contribution in [0, 0.1) is 5.92 Å². The van der Waals surface area contributed by atoms with Gasteiger partial charge in [-0.15, -0.1) is 0 Å². The molecule has 0 radical (unpaired) electrons. The first-order valence-corrected chi connectivity index (χ1v) is 18.0. The van der Waals surface area contributed by atoms with E-state index in [1.54, 1.807) is 20.8 Å². The third-order valence-corrected chi connectivity index (χ3v) is 9.23. The molecule has 3 aromatic carbocycles. The van der Waals surface area contributed by atoms with E-state index in [-0.39, 0.29) is 12.3 Å². The summed E-state index contributed by atoms with van der Waals surface area (Å²) in [5.41, 5.74) is 3.03. The molecule has 3 unspecified atom stereocenters. The predicted octanol–water partition coefficient (Wildman–Crippen LogP) is 5.08. The van der Waals surface area contributed by atoms with Gasteiger partial charge in [0.1, 0.15) is 18.0 Å². The fourth-order valence-corrected chi connectivity index (χ4v) is 6.59. The number of fused-ring (bicyclic) bond motifs is 1. The Morgan fingerprint density at radius 2 is 1.76 bits per heavy atom. The number of aliphatic hydroxyl groups is 2. The van der Waals surface area contributed by atoms with E-state index in [0.717, 1.165) is 60.9 Å². The van der Waals surface area contributed by atoms with Crippen LogP contribution in [0.3, 0.4) is 0 Å². The van der Waals surface area contributed by atoms with E-state index < -0.39 is 41.9 Å². The van der Waals surface area contributed by atoms with Crippen molar-refractivity contribution in [2.75, 3.05) is 39.5 Å². The fourth-order valence-electron chi connectivity index (χ4n) is 6.59. The number of rotatable bonds is 15. The van der Waals surface area contributed by atoms with Gasteiger partial charge in [-0.25, -0.2) is 4.79 Å². The molecule has 51 heavy (non-hydrogen) atoms. The lowest BCUT2D eigenvalue weighted by atomic mass is 9.90. The maximum Gasteiger partial charge on any atom is 0.407 e. The lowest BCUT2D eigenvalue weighted by molar-refractivity contribution is -0.127. The third kappa shape index (κ3) is 11.9. The van der Waals surface area contributed by atoms with Crippen LogP contribution in [0.2, 0.25) is 0 Å². The van der Waals surface area contributed by atoms with Crippen molar-refractivity contribution in [3.05, 3.63) is 107 Å². The van der Waals surface area contributed by atoms with E-state index >= 15 is 0 Å². The first-order chi connectivity index (χ1) is 24.5. The van der Waals surface area contributed by atoms with Gasteiger partial charge in [-0.1, -0.05) is 78.9 Å². The SMILES string of the molecule is CC(C)(C)OC(=O)NC(Cc1ccccc1)C(O)CC(CC=Cc1cccc(OCCN2CCOCC2)c1)C(=O)N[C@H]1c2ccccc2C[C@@H]1O. The molecule has 2 aliphatic rings. The Balaban J connectivity index is 1.30. The minimum Gasteiger partial charge on any atom is -0.492 e. The Kier molecular flexibility index (Phi) is 13.7. The second-order valence-corrected chi connectivity index (χ2v) is 14.4. The molecule has 1 fully saturated rings. The number of nitrogens with zero attached hydrogens (tertiary/aromatic N) is 1. The molecule has 1 aliphatic heterocycles. The topological polar surface area (TPSA) is 130 Å². The zero-order valence-corrected chi connectivity index (χ0v) is 30.0. The van der Waals surface area contributed by atoms with Crippen LogP contribution in [0.5, 0.6) is 5.75 Å². The molecule has 3 aromatic rings. The number of amides is 2. The highest BCUT2D eigenvalue weighted by atomic mass is 16.6. The molecule has 10 nitrogen and oxygen atoms in total. The Hall–Kier alpha value is -4.22. The van der Waals surface area contributed by atoms with Crippen molar-refractivity contribution < 1.29 is 34.0 Å². The molecular formula is C41H53N3O7. The average Bonchev–Trinajstić information content (AvgIpc) is 3.42. The molecule has 1 heterocycles. The van der Waals surface area contributed by atoms with Crippen LogP contribution in [0.1, 0.15) is 61.9 Å². The summed E-state index contributed by atoms with van der Waals surface area (Å²) < 4.78 is 17.0. The van der Waals surface area contributed by atoms with E-state index in [4.69, 9.17) is 14.2 Å². The van der Waals surface area contributed by atoms with Gasteiger partial charge >= 0.3 is 6.09 Å². The molecule has 0 bridgehead atoms. The number of morpholine rings is 1. The maximum absolute atomic E-state index is 14.0. The second-order valence-electron chi connectivity index (χ2n) is 14.4. The average molecular weight is 700 g/mol. The van der Waals surface area contributed by atoms with Crippen LogP contribution in [-0.4, -0.2) is 90.4 Å². The summed E-state index contributed by atoms with van der Waals surface area (Å²) in [6, 6.07) is 23.8. The normalized spacial score (nSPS) is 19.5. The van der Waals surface area contributed by atoms with Gasteiger partial charge < -0.3 is 35.1 Å². The van der Waals surface area contributed by atoms with Crippen LogP contribution in [0.15, 0.2) is 84.9 Å². The monoisotopic (exact) mass is 699 g/mol. The van der Waals surface area contributed by atoms with Crippen molar-refractivity contribution >= 4 is 18.1 Å². The van der Waals surface area contributed by atoms with E-state index in [2.05, 4.69) is 15.5 Å². The quantitative estimate of drug-likeness (QED) is 0.173. The summed E-state index contributed by atoms with van der Waals surface area (Å²) in [6.45, 7) is 10.1. The number of alkyl carbamates (subject to hydrolysis) is 1. The number of hydrogen-bond donors (Lipinski definition) is 4. The van der Waals surface area contributed by atoms with Gasteiger partial charge in [-0.05, 0) is 74.4 Å². The van der Waals surface area contributed by atoms with Gasteiger partial charge in [0.2, 0.25) is 5.91 Å². The lowest BCUT2D eigenvalue weighted by Crippen LogP contribution is -2.48. The van der Waals surface area contributed by atoms with Crippen molar-refractivity contribution in [1.82, 2.24) is 15.5 Å². The molecule has 10 heteroatoms. The summed E-state index contributed by atoms with van der Waals surface area (Å²) in [5, 5.41) is 28.5. The summed E-state index contributed by atoms with van der Waals surface area (Å²) in [6.07, 6.45) is 2.60. The second kappa shape index (κ2) is 18.3. The minimum absolute atomic E-state index is 0.0681. The zero-order valence-electron chi connectivity index (χ0n) is 30.0. The van der Waals surface area contributed by atoms with Crippen LogP contribution in [0.25, 0.3) is 6.08 Å². The largest absolute Gasteiger partial charge is 0.492 e. The highest BCUT2D eigenvalue weighted by molar-refractivity contribution is 5.80. The van der Waals surface area contributed by atoms with Crippen LogP contribution < -0.4 is 15.4 Å². The van der Waals surface area contributed by atoms with Crippen molar-refractivity contribution in [2.24, 2.45) is 5.92 Å². The number of nitrogens with one attached hydrogen (secondary N) is 2. The Morgan fingerprint density at radius 3 is 2.53 bits per heavy atom. The van der Waals surface area contributed by atoms with E-state index in [1.807, 2.05) is 91.0 Å². The van der Waals surface area contributed by atoms with Crippen molar-refractivity contribution in [1.29, 1.82) is 0 Å². The summed E-state index contributed by atoms with van der Waals surface area (Å²) >= 11 is 0. The zero-order chi connectivity index (χ0) is 36.2. The number of ether oxygens (including phenoxy) is 3. The Labute approximate surface area is 301 Å². The van der Waals surface area contributed by atoms with Gasteiger partial charge in [0, 0.05) is 32.0 Å². The third-order valence-electron chi connectivity index (χ3n) is 9.23. The van der Waals surface area contributed by atoms with E-state index in [0.29, 0.717) is 25.9 Å². The van der Waals surface area contributed by atoms with E-state index in [1.165, 1.54) is 0 Å². The molecule has 5 rings (SSSR count). The predicted molar refractivity (Wildman–Crippen MR) is 197 cm³/mol. The molecule has 5 atom stereocenters. The number of carbonyl (C=O) groups excluding carboxylic acids is 2. The highest BCUT2D eigenvalue weighted by Gasteiger charge is 2.35.